The Hall–Kier alpha value is -1.38. The predicted octanol–water partition coefficient (Wildman–Crippen LogP) is 3.00. The molecule has 1 aliphatic heterocycles. The summed E-state index contributed by atoms with van der Waals surface area (Å²) in [5, 5.41) is 5.73. The van der Waals surface area contributed by atoms with Gasteiger partial charge in [-0.25, -0.2) is 5.01 Å². The molecule has 0 atom stereocenters. The van der Waals surface area contributed by atoms with Crippen molar-refractivity contribution < 1.29 is 4.79 Å². The molecule has 1 heterocycles. The second-order valence-electron chi connectivity index (χ2n) is 5.74. The first-order chi connectivity index (χ1) is 7.73. The molecule has 3 nitrogen and oxygen atoms in total. The van der Waals surface area contributed by atoms with Crippen molar-refractivity contribution in [1.29, 1.82) is 0 Å². The van der Waals surface area contributed by atoms with Gasteiger partial charge in [0.2, 0.25) is 0 Å². The van der Waals surface area contributed by atoms with Crippen LogP contribution in [0.4, 0.5) is 0 Å². The van der Waals surface area contributed by atoms with Gasteiger partial charge in [0.25, 0.3) is 5.91 Å². The Bertz CT molecular complexity index is 395. The van der Waals surface area contributed by atoms with Gasteiger partial charge in [-0.15, -0.1) is 0 Å². The lowest BCUT2D eigenvalue weighted by Crippen LogP contribution is -2.22. The lowest BCUT2D eigenvalue weighted by molar-refractivity contribution is -0.124. The SMILES string of the molecule is CC(C)/C=C/C=C1\C(=O)N(C)N=C1C(C)(C)C. The summed E-state index contributed by atoms with van der Waals surface area (Å²) >= 11 is 0. The molecule has 17 heavy (non-hydrogen) atoms. The smallest absolute Gasteiger partial charge is 0.267 e. The number of rotatable bonds is 2. The van der Waals surface area contributed by atoms with E-state index >= 15 is 0 Å². The molecule has 0 saturated heterocycles. The third-order valence-electron chi connectivity index (χ3n) is 2.50. The molecule has 0 aliphatic carbocycles. The molecule has 0 aromatic carbocycles. The molecular formula is C14H22N2O. The average molecular weight is 234 g/mol. The molecule has 0 spiro atoms. The van der Waals surface area contributed by atoms with Gasteiger partial charge in [0, 0.05) is 12.5 Å². The molecule has 94 valence electrons. The van der Waals surface area contributed by atoms with Crippen LogP contribution in [0.5, 0.6) is 0 Å². The van der Waals surface area contributed by atoms with Crippen molar-refractivity contribution in [3.63, 3.8) is 0 Å². The number of carbonyl (C=O) groups excluding carboxylic acids is 1. The van der Waals surface area contributed by atoms with E-state index in [4.69, 9.17) is 0 Å². The van der Waals surface area contributed by atoms with E-state index in [1.165, 1.54) is 5.01 Å². The van der Waals surface area contributed by atoms with Crippen LogP contribution in [0.15, 0.2) is 28.9 Å². The minimum Gasteiger partial charge on any atom is -0.267 e. The van der Waals surface area contributed by atoms with E-state index in [1.54, 1.807) is 7.05 Å². The molecule has 0 N–H and O–H groups in total. The molecule has 0 aromatic rings. The normalized spacial score (nSPS) is 19.9. The highest BCUT2D eigenvalue weighted by atomic mass is 16.2. The highest BCUT2D eigenvalue weighted by Gasteiger charge is 2.34. The zero-order chi connectivity index (χ0) is 13.2. The standard InChI is InChI=1S/C14H22N2O/c1-10(2)8-7-9-11-12(14(3,4)5)15-16(6)13(11)17/h7-10H,1-6H3/b8-7+,11-9-. The maximum atomic E-state index is 11.9. The van der Waals surface area contributed by atoms with Crippen molar-refractivity contribution in [3.05, 3.63) is 23.8 Å². The monoisotopic (exact) mass is 234 g/mol. The molecule has 1 aliphatic rings. The lowest BCUT2D eigenvalue weighted by atomic mass is 9.85. The minimum atomic E-state index is -0.113. The third-order valence-corrected chi connectivity index (χ3v) is 2.50. The predicted molar refractivity (Wildman–Crippen MR) is 71.7 cm³/mol. The van der Waals surface area contributed by atoms with Crippen molar-refractivity contribution >= 4 is 11.6 Å². The third kappa shape index (κ3) is 3.29. The molecular weight excluding hydrogens is 212 g/mol. The van der Waals surface area contributed by atoms with Gasteiger partial charge in [0.1, 0.15) is 0 Å². The average Bonchev–Trinajstić information content (AvgIpc) is 2.44. The first-order valence-corrected chi connectivity index (χ1v) is 5.99. The summed E-state index contributed by atoms with van der Waals surface area (Å²) in [5.74, 6) is 0.458. The summed E-state index contributed by atoms with van der Waals surface area (Å²) in [7, 11) is 1.70. The fourth-order valence-electron chi connectivity index (χ4n) is 1.60. The molecule has 0 fully saturated rings. The summed E-state index contributed by atoms with van der Waals surface area (Å²) < 4.78 is 0. The fraction of sp³-hybridized carbons (Fsp3) is 0.571. The van der Waals surface area contributed by atoms with Crippen molar-refractivity contribution in [2.24, 2.45) is 16.4 Å². The number of hydrogen-bond donors (Lipinski definition) is 0. The van der Waals surface area contributed by atoms with Gasteiger partial charge in [0.15, 0.2) is 0 Å². The van der Waals surface area contributed by atoms with E-state index in [0.29, 0.717) is 11.5 Å². The van der Waals surface area contributed by atoms with Crippen LogP contribution in [0.1, 0.15) is 34.6 Å². The Morgan fingerprint density at radius 3 is 2.35 bits per heavy atom. The zero-order valence-electron chi connectivity index (χ0n) is 11.6. The number of nitrogens with zero attached hydrogens (tertiary/aromatic N) is 2. The molecule has 0 bridgehead atoms. The van der Waals surface area contributed by atoms with E-state index in [0.717, 1.165) is 5.71 Å². The van der Waals surface area contributed by atoms with Crippen LogP contribution in [0.2, 0.25) is 0 Å². The van der Waals surface area contributed by atoms with Crippen LogP contribution in [-0.2, 0) is 4.79 Å². The number of hydrogen-bond acceptors (Lipinski definition) is 2. The number of allylic oxidation sites excluding steroid dienone is 3. The lowest BCUT2D eigenvalue weighted by Gasteiger charge is -2.17. The van der Waals surface area contributed by atoms with E-state index in [9.17, 15) is 4.79 Å². The first-order valence-electron chi connectivity index (χ1n) is 5.99. The van der Waals surface area contributed by atoms with E-state index < -0.39 is 0 Å². The largest absolute Gasteiger partial charge is 0.275 e. The Kier molecular flexibility index (Phi) is 3.91. The minimum absolute atomic E-state index is 0.0247. The number of likely N-dealkylation sites (N-methyl/N-ethyl adjacent to an activating group) is 1. The Balaban J connectivity index is 3.04. The Morgan fingerprint density at radius 2 is 1.88 bits per heavy atom. The summed E-state index contributed by atoms with van der Waals surface area (Å²) in [6.45, 7) is 10.4. The quantitative estimate of drug-likeness (QED) is 0.676. The van der Waals surface area contributed by atoms with Crippen LogP contribution < -0.4 is 0 Å². The van der Waals surface area contributed by atoms with Gasteiger partial charge in [0.05, 0.1) is 11.3 Å². The number of amides is 1. The molecule has 3 heteroatoms. The first kappa shape index (κ1) is 13.7. The molecule has 1 amide bonds. The summed E-state index contributed by atoms with van der Waals surface area (Å²) in [4.78, 5) is 11.9. The second-order valence-corrected chi connectivity index (χ2v) is 5.74. The summed E-state index contributed by atoms with van der Waals surface area (Å²) in [6, 6.07) is 0. The van der Waals surface area contributed by atoms with Gasteiger partial charge in [-0.2, -0.15) is 5.10 Å². The zero-order valence-corrected chi connectivity index (χ0v) is 11.6. The summed E-state index contributed by atoms with van der Waals surface area (Å²) in [6.07, 6.45) is 5.88. The highest BCUT2D eigenvalue weighted by Crippen LogP contribution is 2.27. The van der Waals surface area contributed by atoms with Gasteiger partial charge >= 0.3 is 0 Å². The van der Waals surface area contributed by atoms with E-state index in [2.05, 4.69) is 45.8 Å². The van der Waals surface area contributed by atoms with Crippen LogP contribution in [0.25, 0.3) is 0 Å². The van der Waals surface area contributed by atoms with Gasteiger partial charge < -0.3 is 0 Å². The molecule has 0 unspecified atom stereocenters. The van der Waals surface area contributed by atoms with Crippen LogP contribution in [0.3, 0.4) is 0 Å². The fourth-order valence-corrected chi connectivity index (χ4v) is 1.60. The Morgan fingerprint density at radius 1 is 1.29 bits per heavy atom. The van der Waals surface area contributed by atoms with Gasteiger partial charge in [-0.05, 0) is 12.0 Å². The van der Waals surface area contributed by atoms with Crippen LogP contribution >= 0.6 is 0 Å². The van der Waals surface area contributed by atoms with E-state index in [1.807, 2.05) is 12.2 Å². The van der Waals surface area contributed by atoms with Crippen molar-refractivity contribution in [2.75, 3.05) is 7.05 Å². The van der Waals surface area contributed by atoms with Crippen molar-refractivity contribution in [1.82, 2.24) is 5.01 Å². The number of hydrazone groups is 1. The van der Waals surface area contributed by atoms with Crippen molar-refractivity contribution in [3.8, 4) is 0 Å². The summed E-state index contributed by atoms with van der Waals surface area (Å²) in [5.41, 5.74) is 1.45. The number of carbonyl (C=O) groups is 1. The molecule has 1 rings (SSSR count). The van der Waals surface area contributed by atoms with Gasteiger partial charge in [-0.1, -0.05) is 46.8 Å². The maximum absolute atomic E-state index is 11.9. The molecule has 0 aromatic heterocycles. The van der Waals surface area contributed by atoms with Crippen LogP contribution in [-0.4, -0.2) is 23.7 Å². The maximum Gasteiger partial charge on any atom is 0.275 e. The van der Waals surface area contributed by atoms with Gasteiger partial charge in [-0.3, -0.25) is 4.79 Å². The topological polar surface area (TPSA) is 32.7 Å². The highest BCUT2D eigenvalue weighted by molar-refractivity contribution is 6.26. The molecule has 0 saturated carbocycles. The Labute approximate surface area is 104 Å². The van der Waals surface area contributed by atoms with Crippen molar-refractivity contribution in [2.45, 2.75) is 34.6 Å². The second kappa shape index (κ2) is 4.86. The molecule has 0 radical (unpaired) electrons. The van der Waals surface area contributed by atoms with E-state index in [-0.39, 0.29) is 11.3 Å². The van der Waals surface area contributed by atoms with Crippen LogP contribution in [0, 0.1) is 11.3 Å².